The van der Waals surface area contributed by atoms with Crippen LogP contribution in [-0.4, -0.2) is 37.7 Å². The molecule has 1 aliphatic heterocycles. The van der Waals surface area contributed by atoms with Crippen molar-refractivity contribution >= 4 is 35.1 Å². The molecule has 0 aliphatic carbocycles. The lowest BCUT2D eigenvalue weighted by Crippen LogP contribution is -2.32. The van der Waals surface area contributed by atoms with Crippen LogP contribution in [0.4, 0.5) is 0 Å². The Kier molecular flexibility index (Phi) is 10.4. The smallest absolute Gasteiger partial charge is 0.303 e. The Balaban J connectivity index is 1.41. The summed E-state index contributed by atoms with van der Waals surface area (Å²) in [4.78, 5) is 26.7. The number of imidazole rings is 1. The van der Waals surface area contributed by atoms with E-state index in [0.717, 1.165) is 22.3 Å². The van der Waals surface area contributed by atoms with Crippen molar-refractivity contribution in [1.29, 1.82) is 0 Å². The Morgan fingerprint density at radius 3 is 2.28 bits per heavy atom. The van der Waals surface area contributed by atoms with Gasteiger partial charge in [-0.05, 0) is 29.5 Å². The molecule has 1 aromatic heterocycles. The summed E-state index contributed by atoms with van der Waals surface area (Å²) in [7, 11) is 0. The predicted molar refractivity (Wildman–Crippen MR) is 145 cm³/mol. The predicted octanol–water partition coefficient (Wildman–Crippen LogP) is 5.19. The van der Waals surface area contributed by atoms with Crippen molar-refractivity contribution in [3.05, 3.63) is 87.4 Å². The fourth-order valence-corrected chi connectivity index (χ4v) is 4.68. The molecule has 1 aliphatic rings. The highest BCUT2D eigenvalue weighted by atomic mass is 35.5. The first-order chi connectivity index (χ1) is 18.8. The number of nitrogens with one attached hydrogen (secondary N) is 1. The summed E-state index contributed by atoms with van der Waals surface area (Å²) in [5.74, 6) is -0.965. The van der Waals surface area contributed by atoms with Crippen LogP contribution in [0.1, 0.15) is 66.8 Å². The second-order valence-electron chi connectivity index (χ2n) is 9.45. The number of hydrogen-bond donors (Lipinski definition) is 3. The molecule has 3 aromatic rings. The van der Waals surface area contributed by atoms with Crippen molar-refractivity contribution in [2.45, 2.75) is 70.3 Å². The minimum atomic E-state index is -0.853. The van der Waals surface area contributed by atoms with Crippen molar-refractivity contribution in [2.24, 2.45) is 0 Å². The second-order valence-corrected chi connectivity index (χ2v) is 10.2. The maximum absolute atomic E-state index is 12.1. The minimum absolute atomic E-state index is 0.0302. The SMILES string of the molecule is O=C(O)CCCCC(=O)NCc1ccc(C2OC(Cn3cnc(Cl)c3Cl)CC(c3ccc(CO)cc3)O2)cc1. The zero-order valence-electron chi connectivity index (χ0n) is 21.3. The molecule has 2 heterocycles. The summed E-state index contributed by atoms with van der Waals surface area (Å²) >= 11 is 12.3. The lowest BCUT2D eigenvalue weighted by atomic mass is 10.00. The molecule has 9 nitrogen and oxygen atoms in total. The number of halogens is 2. The zero-order chi connectivity index (χ0) is 27.8. The summed E-state index contributed by atoms with van der Waals surface area (Å²) in [5.41, 5.74) is 3.54. The standard InChI is InChI=1S/C28H31Cl2N3O6/c29-26-27(30)33(17-32-26)15-22-13-23(20-9-7-19(16-34)8-10-20)39-28(38-22)21-11-5-18(6-12-21)14-31-24(35)3-1-2-4-25(36)37/h5-12,17,22-23,28,34H,1-4,13-16H2,(H,31,35)(H,36,37). The average molecular weight is 576 g/mol. The quantitative estimate of drug-likeness (QED) is 0.254. The number of nitrogens with zero attached hydrogens (tertiary/aromatic N) is 2. The third-order valence-corrected chi connectivity index (χ3v) is 7.30. The lowest BCUT2D eigenvalue weighted by molar-refractivity contribution is -0.252. The van der Waals surface area contributed by atoms with Crippen LogP contribution in [0, 0.1) is 0 Å². The number of carboxylic acid groups (broad SMARTS) is 1. The minimum Gasteiger partial charge on any atom is -0.481 e. The number of aromatic nitrogens is 2. The van der Waals surface area contributed by atoms with Crippen molar-refractivity contribution in [3.8, 4) is 0 Å². The van der Waals surface area contributed by atoms with Gasteiger partial charge in [-0.1, -0.05) is 71.7 Å². The van der Waals surface area contributed by atoms with Crippen LogP contribution in [0.25, 0.3) is 0 Å². The number of carboxylic acids is 1. The van der Waals surface area contributed by atoms with Gasteiger partial charge in [0.25, 0.3) is 0 Å². The molecule has 1 saturated heterocycles. The van der Waals surface area contributed by atoms with E-state index in [1.54, 1.807) is 10.9 Å². The summed E-state index contributed by atoms with van der Waals surface area (Å²) < 4.78 is 14.4. The van der Waals surface area contributed by atoms with Gasteiger partial charge >= 0.3 is 5.97 Å². The van der Waals surface area contributed by atoms with Crippen LogP contribution in [0.3, 0.4) is 0 Å². The highest BCUT2D eigenvalue weighted by Crippen LogP contribution is 2.39. The molecule has 208 valence electrons. The fraction of sp³-hybridized carbons (Fsp3) is 0.393. The molecule has 3 unspecified atom stereocenters. The summed E-state index contributed by atoms with van der Waals surface area (Å²) in [6.45, 7) is 0.782. The van der Waals surface area contributed by atoms with Crippen molar-refractivity contribution in [3.63, 3.8) is 0 Å². The number of amides is 1. The molecule has 3 atom stereocenters. The molecule has 0 radical (unpaired) electrons. The number of hydrogen-bond acceptors (Lipinski definition) is 6. The maximum Gasteiger partial charge on any atom is 0.303 e. The van der Waals surface area contributed by atoms with E-state index in [1.165, 1.54) is 0 Å². The fourth-order valence-electron chi connectivity index (χ4n) is 4.37. The van der Waals surface area contributed by atoms with Crippen LogP contribution in [-0.2, 0) is 38.8 Å². The first-order valence-corrected chi connectivity index (χ1v) is 13.5. The number of aliphatic hydroxyl groups excluding tert-OH is 1. The number of aliphatic hydroxyl groups is 1. The van der Waals surface area contributed by atoms with Crippen LogP contribution < -0.4 is 5.32 Å². The first kappa shape index (κ1) is 29.0. The van der Waals surface area contributed by atoms with E-state index in [-0.39, 0.29) is 36.3 Å². The monoisotopic (exact) mass is 575 g/mol. The second kappa shape index (κ2) is 13.9. The van der Waals surface area contributed by atoms with Crippen LogP contribution in [0.15, 0.2) is 54.9 Å². The summed E-state index contributed by atoms with van der Waals surface area (Å²) in [6.07, 6.45) is 2.41. The van der Waals surface area contributed by atoms with E-state index in [4.69, 9.17) is 37.8 Å². The van der Waals surface area contributed by atoms with Crippen LogP contribution in [0.2, 0.25) is 10.3 Å². The summed E-state index contributed by atoms with van der Waals surface area (Å²) in [6, 6.07) is 15.3. The van der Waals surface area contributed by atoms with Gasteiger partial charge in [-0.3, -0.25) is 9.59 Å². The number of benzene rings is 2. The van der Waals surface area contributed by atoms with Gasteiger partial charge in [-0.2, -0.15) is 0 Å². The molecular formula is C28H31Cl2N3O6. The third kappa shape index (κ3) is 8.27. The lowest BCUT2D eigenvalue weighted by Gasteiger charge is -2.36. The topological polar surface area (TPSA) is 123 Å². The molecular weight excluding hydrogens is 545 g/mol. The number of carbonyl (C=O) groups is 2. The van der Waals surface area contributed by atoms with Gasteiger partial charge in [0.05, 0.1) is 31.7 Å². The highest BCUT2D eigenvalue weighted by molar-refractivity contribution is 6.40. The van der Waals surface area contributed by atoms with E-state index in [0.29, 0.717) is 43.9 Å². The zero-order valence-corrected chi connectivity index (χ0v) is 22.8. The average Bonchev–Trinajstić information content (AvgIpc) is 3.26. The normalized spacial score (nSPS) is 19.1. The third-order valence-electron chi connectivity index (χ3n) is 6.53. The first-order valence-electron chi connectivity index (χ1n) is 12.8. The Hall–Kier alpha value is -2.95. The van der Waals surface area contributed by atoms with E-state index in [1.807, 2.05) is 48.5 Å². The number of unbranched alkanes of at least 4 members (excludes halogenated alkanes) is 1. The van der Waals surface area contributed by atoms with Gasteiger partial charge in [0, 0.05) is 31.4 Å². The van der Waals surface area contributed by atoms with Crippen LogP contribution >= 0.6 is 23.2 Å². The van der Waals surface area contributed by atoms with Gasteiger partial charge in [-0.25, -0.2) is 4.98 Å². The maximum atomic E-state index is 12.1. The molecule has 1 fully saturated rings. The molecule has 0 bridgehead atoms. The Morgan fingerprint density at radius 2 is 1.64 bits per heavy atom. The van der Waals surface area contributed by atoms with E-state index in [2.05, 4.69) is 10.3 Å². The highest BCUT2D eigenvalue weighted by Gasteiger charge is 2.32. The Labute approximate surface area is 236 Å². The van der Waals surface area contributed by atoms with Gasteiger partial charge in [0.1, 0.15) is 5.15 Å². The van der Waals surface area contributed by atoms with Crippen molar-refractivity contribution in [2.75, 3.05) is 0 Å². The largest absolute Gasteiger partial charge is 0.481 e. The number of carbonyl (C=O) groups excluding carboxylic acids is 1. The van der Waals surface area contributed by atoms with Gasteiger partial charge in [-0.15, -0.1) is 0 Å². The van der Waals surface area contributed by atoms with Gasteiger partial charge < -0.3 is 29.6 Å². The van der Waals surface area contributed by atoms with Crippen LogP contribution in [0.5, 0.6) is 0 Å². The molecule has 0 spiro atoms. The van der Waals surface area contributed by atoms with E-state index < -0.39 is 12.3 Å². The van der Waals surface area contributed by atoms with Crippen molar-refractivity contribution in [1.82, 2.24) is 14.9 Å². The Bertz CT molecular complexity index is 1250. The molecule has 11 heteroatoms. The van der Waals surface area contributed by atoms with Crippen molar-refractivity contribution < 1.29 is 29.3 Å². The number of rotatable bonds is 12. The molecule has 1 amide bonds. The number of ether oxygens (including phenoxy) is 2. The molecule has 39 heavy (non-hydrogen) atoms. The summed E-state index contributed by atoms with van der Waals surface area (Å²) in [5, 5.41) is 21.5. The molecule has 4 rings (SSSR count). The molecule has 3 N–H and O–H groups in total. The Morgan fingerprint density at radius 1 is 0.974 bits per heavy atom. The van der Waals surface area contributed by atoms with E-state index >= 15 is 0 Å². The molecule has 2 aromatic carbocycles. The van der Waals surface area contributed by atoms with Gasteiger partial charge in [0.15, 0.2) is 11.4 Å². The van der Waals surface area contributed by atoms with E-state index in [9.17, 15) is 14.7 Å². The molecule has 0 saturated carbocycles. The van der Waals surface area contributed by atoms with Gasteiger partial charge in [0.2, 0.25) is 5.91 Å². The number of aliphatic carboxylic acids is 1.